The Bertz CT molecular complexity index is 640. The van der Waals surface area contributed by atoms with Crippen LogP contribution in [0.4, 0.5) is 5.69 Å². The lowest BCUT2D eigenvalue weighted by molar-refractivity contribution is 0.0773. The van der Waals surface area contributed by atoms with Gasteiger partial charge < -0.3 is 15.9 Å². The van der Waals surface area contributed by atoms with Gasteiger partial charge in [-0.1, -0.05) is 57.0 Å². The van der Waals surface area contributed by atoms with E-state index in [-0.39, 0.29) is 7.43 Å². The van der Waals surface area contributed by atoms with Crippen molar-refractivity contribution in [2.75, 3.05) is 5.73 Å². The Balaban J connectivity index is 0.000000443. The van der Waals surface area contributed by atoms with Crippen molar-refractivity contribution in [2.24, 2.45) is 0 Å². The van der Waals surface area contributed by atoms with Crippen LogP contribution in [0.1, 0.15) is 51.8 Å². The summed E-state index contributed by atoms with van der Waals surface area (Å²) in [6.45, 7) is 9.04. The zero-order valence-corrected chi connectivity index (χ0v) is 17.9. The number of hydrogen-bond donors (Lipinski definition) is 3. The lowest BCUT2D eigenvalue weighted by atomic mass is 9.97. The summed E-state index contributed by atoms with van der Waals surface area (Å²) in [5, 5.41) is 19.5. The monoisotopic (exact) mass is 473 g/mol. The molecule has 0 aliphatic heterocycles. The number of halogens is 2. The Morgan fingerprint density at radius 2 is 1.20 bits per heavy atom. The molecule has 3 nitrogen and oxygen atoms in total. The van der Waals surface area contributed by atoms with Gasteiger partial charge in [0, 0.05) is 14.6 Å². The number of rotatable bonds is 2. The normalized spacial score (nSPS) is 11.2. The maximum atomic E-state index is 9.76. The van der Waals surface area contributed by atoms with E-state index in [1.165, 1.54) is 0 Å². The maximum absolute atomic E-state index is 9.76. The number of hydrogen-bond acceptors (Lipinski definition) is 3. The molecular weight excluding hydrogens is 446 g/mol. The van der Waals surface area contributed by atoms with E-state index in [9.17, 15) is 10.2 Å². The highest BCUT2D eigenvalue weighted by Gasteiger charge is 2.19. The predicted molar refractivity (Wildman–Crippen MR) is 115 cm³/mol. The van der Waals surface area contributed by atoms with Gasteiger partial charge in [-0.15, -0.1) is 0 Å². The molecule has 2 aromatic carbocycles. The second-order valence-electron chi connectivity index (χ2n) is 6.84. The van der Waals surface area contributed by atoms with Gasteiger partial charge >= 0.3 is 0 Å². The van der Waals surface area contributed by atoms with Crippen LogP contribution in [0.3, 0.4) is 0 Å². The summed E-state index contributed by atoms with van der Waals surface area (Å²) in [6, 6.07) is 11.4. The summed E-state index contributed by atoms with van der Waals surface area (Å²) >= 11 is 6.76. The molecule has 4 N–H and O–H groups in total. The van der Waals surface area contributed by atoms with E-state index < -0.39 is 11.2 Å². The van der Waals surface area contributed by atoms with Gasteiger partial charge in [-0.2, -0.15) is 0 Å². The van der Waals surface area contributed by atoms with Crippen LogP contribution in [0, 0.1) is 6.92 Å². The lowest BCUT2D eigenvalue weighted by Gasteiger charge is -2.19. The summed E-state index contributed by atoms with van der Waals surface area (Å²) < 4.78 is 1.84. The third-order valence-electron chi connectivity index (χ3n) is 3.43. The van der Waals surface area contributed by atoms with Crippen molar-refractivity contribution in [1.82, 2.24) is 0 Å². The van der Waals surface area contributed by atoms with Gasteiger partial charge in [-0.05, 0) is 70.0 Å². The van der Waals surface area contributed by atoms with Crippen LogP contribution in [0.2, 0.25) is 0 Å². The molecule has 0 fully saturated rings. The molecule has 25 heavy (non-hydrogen) atoms. The van der Waals surface area contributed by atoms with Crippen LogP contribution in [0.25, 0.3) is 0 Å². The number of nitrogen functional groups attached to an aromatic ring is 1. The molecule has 2 rings (SSSR count). The minimum absolute atomic E-state index is 0. The van der Waals surface area contributed by atoms with Crippen molar-refractivity contribution >= 4 is 37.5 Å². The SMILES string of the molecule is C.CC(C)(O)c1cc(N)ccc1Br.Cc1ccc(Br)c(C(C)(C)O)c1. The number of benzene rings is 2. The van der Waals surface area contributed by atoms with Gasteiger partial charge in [0.25, 0.3) is 0 Å². The Morgan fingerprint density at radius 3 is 1.56 bits per heavy atom. The van der Waals surface area contributed by atoms with Gasteiger partial charge in [-0.3, -0.25) is 0 Å². The first-order valence-electron chi connectivity index (χ1n) is 7.59. The maximum Gasteiger partial charge on any atom is 0.0852 e. The summed E-state index contributed by atoms with van der Waals surface area (Å²) in [5.74, 6) is 0. The molecule has 0 amide bonds. The largest absolute Gasteiger partial charge is 0.399 e. The van der Waals surface area contributed by atoms with E-state index in [1.54, 1.807) is 39.8 Å². The van der Waals surface area contributed by atoms with Crippen LogP contribution in [0.15, 0.2) is 45.3 Å². The van der Waals surface area contributed by atoms with Crippen LogP contribution < -0.4 is 5.73 Å². The smallest absolute Gasteiger partial charge is 0.0852 e. The Morgan fingerprint density at radius 1 is 0.800 bits per heavy atom. The first-order valence-corrected chi connectivity index (χ1v) is 9.18. The third-order valence-corrected chi connectivity index (χ3v) is 4.81. The van der Waals surface area contributed by atoms with Crippen molar-refractivity contribution < 1.29 is 10.2 Å². The molecule has 0 unspecified atom stereocenters. The molecule has 140 valence electrons. The van der Waals surface area contributed by atoms with Gasteiger partial charge in [0.2, 0.25) is 0 Å². The Kier molecular flexibility index (Phi) is 8.85. The molecule has 0 saturated carbocycles. The Labute approximate surface area is 168 Å². The second kappa shape index (κ2) is 9.17. The predicted octanol–water partition coefficient (Wildman–Crippen LogP) is 5.88. The molecule has 0 aliphatic rings. The van der Waals surface area contributed by atoms with Gasteiger partial charge in [0.1, 0.15) is 0 Å². The lowest BCUT2D eigenvalue weighted by Crippen LogP contribution is -2.16. The van der Waals surface area contributed by atoms with Crippen molar-refractivity contribution in [1.29, 1.82) is 0 Å². The van der Waals surface area contributed by atoms with Gasteiger partial charge in [0.15, 0.2) is 0 Å². The van der Waals surface area contributed by atoms with Crippen LogP contribution in [-0.2, 0) is 11.2 Å². The van der Waals surface area contributed by atoms with E-state index in [4.69, 9.17) is 5.73 Å². The molecule has 5 heteroatoms. The number of aliphatic hydroxyl groups is 2. The van der Waals surface area contributed by atoms with E-state index in [0.29, 0.717) is 5.69 Å². The van der Waals surface area contributed by atoms with Crippen molar-refractivity contribution in [3.05, 3.63) is 62.0 Å². The molecule has 0 radical (unpaired) electrons. The highest BCUT2D eigenvalue weighted by Crippen LogP contribution is 2.29. The molecule has 0 heterocycles. The van der Waals surface area contributed by atoms with Crippen LogP contribution in [-0.4, -0.2) is 10.2 Å². The second-order valence-corrected chi connectivity index (χ2v) is 8.55. The highest BCUT2D eigenvalue weighted by molar-refractivity contribution is 9.10. The van der Waals surface area contributed by atoms with Gasteiger partial charge in [-0.25, -0.2) is 0 Å². The fraction of sp³-hybridized carbons (Fsp3) is 0.400. The number of aryl methyl sites for hydroxylation is 1. The average Bonchev–Trinajstić information content (AvgIpc) is 2.42. The molecule has 0 atom stereocenters. The quantitative estimate of drug-likeness (QED) is 0.476. The first kappa shape index (κ1) is 24.1. The summed E-state index contributed by atoms with van der Waals surface area (Å²) in [5.41, 5.74) is 7.53. The fourth-order valence-electron chi connectivity index (χ4n) is 2.12. The van der Waals surface area contributed by atoms with Crippen molar-refractivity contribution in [2.45, 2.75) is 53.2 Å². The zero-order valence-electron chi connectivity index (χ0n) is 14.7. The minimum atomic E-state index is -0.853. The fourth-order valence-corrected chi connectivity index (χ4v) is 3.58. The molecule has 0 spiro atoms. The summed E-state index contributed by atoms with van der Waals surface area (Å²) in [7, 11) is 0. The van der Waals surface area contributed by atoms with E-state index in [2.05, 4.69) is 31.9 Å². The van der Waals surface area contributed by atoms with Crippen LogP contribution >= 0.6 is 31.9 Å². The van der Waals surface area contributed by atoms with Gasteiger partial charge in [0.05, 0.1) is 11.2 Å². The van der Waals surface area contributed by atoms with Crippen LogP contribution in [0.5, 0.6) is 0 Å². The Hall–Kier alpha value is -0.880. The first-order chi connectivity index (χ1) is 10.8. The third kappa shape index (κ3) is 7.48. The molecule has 0 saturated heterocycles. The highest BCUT2D eigenvalue weighted by atomic mass is 79.9. The van der Waals surface area contributed by atoms with E-state index >= 15 is 0 Å². The molecule has 2 aromatic rings. The average molecular weight is 475 g/mol. The summed E-state index contributed by atoms with van der Waals surface area (Å²) in [6.07, 6.45) is 0. The minimum Gasteiger partial charge on any atom is -0.399 e. The number of nitrogens with two attached hydrogens (primary N) is 1. The standard InChI is InChI=1S/C10H13BrO.C9H12BrNO.CH4/c1-7-4-5-9(11)8(6-7)10(2,3)12;1-9(2,12)7-5-6(11)3-4-8(7)10;/h4-6,12H,1-3H3;3-5,12H,11H2,1-2H3;1H4. The van der Waals surface area contributed by atoms with Crippen molar-refractivity contribution in [3.8, 4) is 0 Å². The number of anilines is 1. The van der Waals surface area contributed by atoms with E-state index in [1.807, 2.05) is 31.2 Å². The van der Waals surface area contributed by atoms with Crippen molar-refractivity contribution in [3.63, 3.8) is 0 Å². The summed E-state index contributed by atoms with van der Waals surface area (Å²) in [4.78, 5) is 0. The molecule has 0 bridgehead atoms. The topological polar surface area (TPSA) is 66.5 Å². The molecule has 0 aromatic heterocycles. The zero-order chi connectivity index (χ0) is 18.7. The molecule has 0 aliphatic carbocycles. The van der Waals surface area contributed by atoms with E-state index in [0.717, 1.165) is 25.6 Å². The molecular formula is C20H29Br2NO2.